The van der Waals surface area contributed by atoms with Gasteiger partial charge in [0, 0.05) is 11.4 Å². The van der Waals surface area contributed by atoms with Crippen molar-refractivity contribution in [2.45, 2.75) is 6.92 Å². The van der Waals surface area contributed by atoms with Gasteiger partial charge in [0.1, 0.15) is 5.82 Å². The quantitative estimate of drug-likeness (QED) is 0.764. The molecule has 3 rings (SSSR count). The Kier molecular flexibility index (Phi) is 4.47. The fourth-order valence-electron chi connectivity index (χ4n) is 2.07. The van der Waals surface area contributed by atoms with E-state index in [0.29, 0.717) is 11.5 Å². The molecule has 0 aliphatic carbocycles. The van der Waals surface area contributed by atoms with Gasteiger partial charge in [0.15, 0.2) is 11.5 Å². The summed E-state index contributed by atoms with van der Waals surface area (Å²) in [5.41, 5.74) is 2.56. The number of anilines is 3. The number of carbonyl (C=O) groups excluding carboxylic acids is 1. The minimum Gasteiger partial charge on any atom is -0.339 e. The minimum atomic E-state index is -0.449. The number of hydrogen-bond acceptors (Lipinski definition) is 4. The normalized spacial score (nSPS) is 10.2. The lowest BCUT2D eigenvalue weighted by Crippen LogP contribution is -2.14. The maximum atomic E-state index is 13.1. The molecule has 2 N–H and O–H groups in total. The first-order valence-electron chi connectivity index (χ1n) is 7.34. The molecule has 0 fully saturated rings. The van der Waals surface area contributed by atoms with E-state index < -0.39 is 11.7 Å². The number of carbonyl (C=O) groups is 1. The van der Waals surface area contributed by atoms with Crippen LogP contribution in [-0.4, -0.2) is 16.1 Å². The van der Waals surface area contributed by atoms with E-state index in [1.807, 2.05) is 31.2 Å². The highest BCUT2D eigenvalue weighted by Crippen LogP contribution is 2.15. The molecule has 0 radical (unpaired) electrons. The lowest BCUT2D eigenvalue weighted by atomic mass is 10.2. The fourth-order valence-corrected chi connectivity index (χ4v) is 2.07. The number of benzene rings is 2. The predicted octanol–water partition coefficient (Wildman–Crippen LogP) is 3.92. The highest BCUT2D eigenvalue weighted by molar-refractivity contribution is 6.02. The zero-order valence-electron chi connectivity index (χ0n) is 13.0. The first-order valence-corrected chi connectivity index (χ1v) is 7.34. The van der Waals surface area contributed by atoms with Gasteiger partial charge in [-0.2, -0.15) is 0 Å². The average molecular weight is 322 g/mol. The van der Waals surface area contributed by atoms with Gasteiger partial charge in [-0.15, -0.1) is 10.2 Å². The summed E-state index contributed by atoms with van der Waals surface area (Å²) in [4.78, 5) is 12.1. The summed E-state index contributed by atoms with van der Waals surface area (Å²) in [6.45, 7) is 2.01. The minimum absolute atomic E-state index is 0.147. The van der Waals surface area contributed by atoms with Crippen LogP contribution in [0.5, 0.6) is 0 Å². The van der Waals surface area contributed by atoms with E-state index in [9.17, 15) is 9.18 Å². The molecule has 3 aromatic rings. The maximum absolute atomic E-state index is 13.1. The van der Waals surface area contributed by atoms with Crippen LogP contribution >= 0.6 is 0 Å². The molecule has 1 aromatic heterocycles. The molecule has 0 bridgehead atoms. The number of aromatic nitrogens is 2. The highest BCUT2D eigenvalue weighted by atomic mass is 19.1. The number of amides is 1. The second-order valence-corrected chi connectivity index (χ2v) is 5.26. The van der Waals surface area contributed by atoms with Crippen LogP contribution in [0.4, 0.5) is 21.6 Å². The lowest BCUT2D eigenvalue weighted by Gasteiger charge is -2.07. The molecule has 2 aromatic carbocycles. The Balaban J connectivity index is 1.67. The molecule has 0 saturated heterocycles. The van der Waals surface area contributed by atoms with Gasteiger partial charge in [0.05, 0.1) is 0 Å². The number of nitrogens with zero attached hydrogens (tertiary/aromatic N) is 2. The molecule has 0 unspecified atom stereocenters. The molecule has 0 aliphatic heterocycles. The molecule has 1 heterocycles. The largest absolute Gasteiger partial charge is 0.339 e. The van der Waals surface area contributed by atoms with Gasteiger partial charge in [-0.3, -0.25) is 4.79 Å². The predicted molar refractivity (Wildman–Crippen MR) is 90.8 cm³/mol. The first-order chi connectivity index (χ1) is 11.6. The topological polar surface area (TPSA) is 66.9 Å². The van der Waals surface area contributed by atoms with Crippen LogP contribution in [-0.2, 0) is 0 Å². The van der Waals surface area contributed by atoms with Gasteiger partial charge in [0.25, 0.3) is 5.91 Å². The number of aryl methyl sites for hydroxylation is 1. The van der Waals surface area contributed by atoms with Crippen LogP contribution in [0.15, 0.2) is 60.7 Å². The molecule has 5 nitrogen and oxygen atoms in total. The zero-order chi connectivity index (χ0) is 16.9. The summed E-state index contributed by atoms with van der Waals surface area (Å²) in [6, 6.07) is 16.7. The summed E-state index contributed by atoms with van der Waals surface area (Å²) < 4.78 is 13.1. The van der Waals surface area contributed by atoms with Crippen molar-refractivity contribution in [2.24, 2.45) is 0 Å². The van der Waals surface area contributed by atoms with Crippen molar-refractivity contribution >= 4 is 23.1 Å². The molecule has 0 aliphatic rings. The van der Waals surface area contributed by atoms with Crippen LogP contribution in [0.3, 0.4) is 0 Å². The Labute approximate surface area is 138 Å². The van der Waals surface area contributed by atoms with Crippen LogP contribution in [0, 0.1) is 12.7 Å². The van der Waals surface area contributed by atoms with Gasteiger partial charge in [-0.1, -0.05) is 23.8 Å². The summed E-state index contributed by atoms with van der Waals surface area (Å²) in [5.74, 6) is -0.340. The number of halogens is 1. The Hall–Kier alpha value is -3.28. The van der Waals surface area contributed by atoms with Crippen molar-refractivity contribution in [2.75, 3.05) is 10.6 Å². The van der Waals surface area contributed by atoms with Crippen molar-refractivity contribution in [3.63, 3.8) is 0 Å². The Morgan fingerprint density at radius 2 is 1.75 bits per heavy atom. The van der Waals surface area contributed by atoms with Gasteiger partial charge in [0.2, 0.25) is 0 Å². The third-order valence-corrected chi connectivity index (χ3v) is 3.30. The summed E-state index contributed by atoms with van der Waals surface area (Å²) in [5, 5.41) is 13.5. The van der Waals surface area contributed by atoms with E-state index >= 15 is 0 Å². The fraction of sp³-hybridized carbons (Fsp3) is 0.0556. The molecule has 0 spiro atoms. The lowest BCUT2D eigenvalue weighted by molar-refractivity contribution is 0.102. The molecule has 0 atom stereocenters. The van der Waals surface area contributed by atoms with Gasteiger partial charge in [-0.05, 0) is 49.4 Å². The highest BCUT2D eigenvalue weighted by Gasteiger charge is 2.09. The molecular weight excluding hydrogens is 307 g/mol. The van der Waals surface area contributed by atoms with Gasteiger partial charge >= 0.3 is 0 Å². The van der Waals surface area contributed by atoms with Crippen LogP contribution in [0.1, 0.15) is 16.1 Å². The average Bonchev–Trinajstić information content (AvgIpc) is 2.57. The van der Waals surface area contributed by atoms with Crippen LogP contribution in [0.25, 0.3) is 0 Å². The number of hydrogen-bond donors (Lipinski definition) is 2. The van der Waals surface area contributed by atoms with Crippen molar-refractivity contribution in [3.8, 4) is 0 Å². The zero-order valence-corrected chi connectivity index (χ0v) is 13.0. The first kappa shape index (κ1) is 15.6. The molecule has 6 heteroatoms. The molecule has 1 amide bonds. The Morgan fingerprint density at radius 3 is 2.42 bits per heavy atom. The van der Waals surface area contributed by atoms with Gasteiger partial charge in [-0.25, -0.2) is 4.39 Å². The van der Waals surface area contributed by atoms with E-state index in [2.05, 4.69) is 20.8 Å². The van der Waals surface area contributed by atoms with Crippen molar-refractivity contribution in [3.05, 3.63) is 77.7 Å². The van der Waals surface area contributed by atoms with Crippen molar-refractivity contribution < 1.29 is 9.18 Å². The Bertz CT molecular complexity index is 848. The summed E-state index contributed by atoms with van der Waals surface area (Å²) in [6.07, 6.45) is 0. The SMILES string of the molecule is Cc1ccc(Nc2ccc(C(=O)Nc3cccc(F)c3)nn2)cc1. The van der Waals surface area contributed by atoms with Crippen molar-refractivity contribution in [1.29, 1.82) is 0 Å². The second-order valence-electron chi connectivity index (χ2n) is 5.26. The monoisotopic (exact) mass is 322 g/mol. The van der Waals surface area contributed by atoms with E-state index in [1.165, 1.54) is 18.2 Å². The maximum Gasteiger partial charge on any atom is 0.276 e. The standard InChI is InChI=1S/C18H15FN4O/c1-12-5-7-14(8-6-12)20-17-10-9-16(22-23-17)18(24)21-15-4-2-3-13(19)11-15/h2-11H,1H3,(H,20,23)(H,21,24). The number of nitrogens with one attached hydrogen (secondary N) is 2. The molecule has 24 heavy (non-hydrogen) atoms. The van der Waals surface area contributed by atoms with Gasteiger partial charge < -0.3 is 10.6 Å². The van der Waals surface area contributed by atoms with E-state index in [0.717, 1.165) is 11.3 Å². The van der Waals surface area contributed by atoms with E-state index in [4.69, 9.17) is 0 Å². The van der Waals surface area contributed by atoms with E-state index in [1.54, 1.807) is 18.2 Å². The second kappa shape index (κ2) is 6.87. The molecule has 120 valence electrons. The van der Waals surface area contributed by atoms with E-state index in [-0.39, 0.29) is 5.69 Å². The molecular formula is C18H15FN4O. The summed E-state index contributed by atoms with van der Waals surface area (Å²) >= 11 is 0. The summed E-state index contributed by atoms with van der Waals surface area (Å²) in [7, 11) is 0. The smallest absolute Gasteiger partial charge is 0.276 e. The third kappa shape index (κ3) is 3.92. The van der Waals surface area contributed by atoms with Crippen molar-refractivity contribution in [1.82, 2.24) is 10.2 Å². The Morgan fingerprint density at radius 1 is 0.958 bits per heavy atom. The molecule has 0 saturated carbocycles. The van der Waals surface area contributed by atoms with Crippen LogP contribution in [0.2, 0.25) is 0 Å². The third-order valence-electron chi connectivity index (χ3n) is 3.30. The van der Waals surface area contributed by atoms with Crippen LogP contribution < -0.4 is 10.6 Å². The number of rotatable bonds is 4.